The van der Waals surface area contributed by atoms with E-state index in [0.29, 0.717) is 11.6 Å². The minimum absolute atomic E-state index is 0.200. The highest BCUT2D eigenvalue weighted by molar-refractivity contribution is 7.89. The van der Waals surface area contributed by atoms with E-state index < -0.39 is 10.0 Å². The Morgan fingerprint density at radius 1 is 1.38 bits per heavy atom. The van der Waals surface area contributed by atoms with Crippen molar-refractivity contribution in [3.8, 4) is 0 Å². The third kappa shape index (κ3) is 4.68. The molecule has 1 fully saturated rings. The van der Waals surface area contributed by atoms with Crippen LogP contribution >= 0.6 is 11.6 Å². The summed E-state index contributed by atoms with van der Waals surface area (Å²) in [5.74, 6) is 0.775. The molecular formula is C15H23ClN2O2S. The number of nitrogens with one attached hydrogen (secondary N) is 1. The van der Waals surface area contributed by atoms with Gasteiger partial charge in [0.1, 0.15) is 0 Å². The molecule has 1 aliphatic rings. The summed E-state index contributed by atoms with van der Waals surface area (Å²) in [5.41, 5.74) is 0. The van der Waals surface area contributed by atoms with Crippen LogP contribution in [0.2, 0.25) is 5.02 Å². The molecule has 1 atom stereocenters. The molecule has 1 aliphatic heterocycles. The van der Waals surface area contributed by atoms with Gasteiger partial charge in [-0.3, -0.25) is 4.90 Å². The second kappa shape index (κ2) is 7.09. The molecule has 0 bridgehead atoms. The van der Waals surface area contributed by atoms with E-state index in [9.17, 15) is 8.42 Å². The van der Waals surface area contributed by atoms with Crippen LogP contribution in [0.25, 0.3) is 0 Å². The maximum Gasteiger partial charge on any atom is 0.240 e. The smallest absolute Gasteiger partial charge is 0.240 e. The SMILES string of the molecule is CC1CCN(C(C)CNS(=O)(=O)c2cccc(Cl)c2)CC1. The molecule has 118 valence electrons. The Balaban J connectivity index is 1.92. The summed E-state index contributed by atoms with van der Waals surface area (Å²) in [6, 6.07) is 6.54. The van der Waals surface area contributed by atoms with Crippen molar-refractivity contribution in [3.05, 3.63) is 29.3 Å². The lowest BCUT2D eigenvalue weighted by Crippen LogP contribution is -2.45. The topological polar surface area (TPSA) is 49.4 Å². The number of hydrogen-bond donors (Lipinski definition) is 1. The highest BCUT2D eigenvalue weighted by Crippen LogP contribution is 2.18. The summed E-state index contributed by atoms with van der Waals surface area (Å²) in [5, 5.41) is 0.427. The van der Waals surface area contributed by atoms with Crippen LogP contribution in [0, 0.1) is 5.92 Å². The van der Waals surface area contributed by atoms with E-state index in [1.165, 1.54) is 18.9 Å². The van der Waals surface area contributed by atoms with Crippen LogP contribution in [0.5, 0.6) is 0 Å². The van der Waals surface area contributed by atoms with Crippen LogP contribution < -0.4 is 4.72 Å². The van der Waals surface area contributed by atoms with Gasteiger partial charge in [-0.25, -0.2) is 13.1 Å². The molecule has 0 saturated carbocycles. The van der Waals surface area contributed by atoms with Crippen LogP contribution in [0.1, 0.15) is 26.7 Å². The number of benzene rings is 1. The molecule has 1 aromatic carbocycles. The number of hydrogen-bond acceptors (Lipinski definition) is 3. The average molecular weight is 331 g/mol. The van der Waals surface area contributed by atoms with Crippen LogP contribution in [0.4, 0.5) is 0 Å². The van der Waals surface area contributed by atoms with E-state index in [-0.39, 0.29) is 10.9 Å². The minimum Gasteiger partial charge on any atom is -0.299 e. The standard InChI is InChI=1S/C15H23ClN2O2S/c1-12-6-8-18(9-7-12)13(2)11-17-21(19,20)15-5-3-4-14(16)10-15/h3-5,10,12-13,17H,6-9,11H2,1-2H3. The Morgan fingerprint density at radius 3 is 2.67 bits per heavy atom. The van der Waals surface area contributed by atoms with Gasteiger partial charge in [-0.05, 0) is 57.0 Å². The van der Waals surface area contributed by atoms with E-state index in [0.717, 1.165) is 19.0 Å². The lowest BCUT2D eigenvalue weighted by molar-refractivity contribution is 0.148. The number of sulfonamides is 1. The first-order valence-electron chi connectivity index (χ1n) is 7.38. The van der Waals surface area contributed by atoms with Gasteiger partial charge < -0.3 is 0 Å². The van der Waals surface area contributed by atoms with Gasteiger partial charge in [0.05, 0.1) is 4.90 Å². The number of nitrogens with zero attached hydrogens (tertiary/aromatic N) is 1. The van der Waals surface area contributed by atoms with Crippen molar-refractivity contribution < 1.29 is 8.42 Å². The van der Waals surface area contributed by atoms with Crippen molar-refractivity contribution in [1.82, 2.24) is 9.62 Å². The van der Waals surface area contributed by atoms with Gasteiger partial charge in [0.15, 0.2) is 0 Å². The van der Waals surface area contributed by atoms with Gasteiger partial charge in [0.25, 0.3) is 0 Å². The lowest BCUT2D eigenvalue weighted by atomic mass is 9.98. The van der Waals surface area contributed by atoms with Gasteiger partial charge in [0.2, 0.25) is 10.0 Å². The van der Waals surface area contributed by atoms with E-state index in [2.05, 4.69) is 23.5 Å². The molecule has 0 amide bonds. The van der Waals surface area contributed by atoms with E-state index in [1.807, 2.05) is 0 Å². The van der Waals surface area contributed by atoms with Crippen molar-refractivity contribution in [2.24, 2.45) is 5.92 Å². The van der Waals surface area contributed by atoms with Crippen molar-refractivity contribution in [3.63, 3.8) is 0 Å². The molecule has 21 heavy (non-hydrogen) atoms. The molecule has 0 radical (unpaired) electrons. The van der Waals surface area contributed by atoms with Gasteiger partial charge in [-0.1, -0.05) is 24.6 Å². The summed E-state index contributed by atoms with van der Waals surface area (Å²) >= 11 is 5.85. The summed E-state index contributed by atoms with van der Waals surface area (Å²) in [7, 11) is -3.49. The fourth-order valence-electron chi connectivity index (χ4n) is 2.55. The van der Waals surface area contributed by atoms with Gasteiger partial charge in [0, 0.05) is 17.6 Å². The zero-order valence-corrected chi connectivity index (χ0v) is 14.1. The average Bonchev–Trinajstić information content (AvgIpc) is 2.45. The van der Waals surface area contributed by atoms with Crippen molar-refractivity contribution >= 4 is 21.6 Å². The Kier molecular flexibility index (Phi) is 5.66. The van der Waals surface area contributed by atoms with Gasteiger partial charge in [-0.15, -0.1) is 0 Å². The number of halogens is 1. The third-order valence-electron chi connectivity index (χ3n) is 4.12. The largest absolute Gasteiger partial charge is 0.299 e. The van der Waals surface area contributed by atoms with E-state index in [4.69, 9.17) is 11.6 Å². The molecule has 0 spiro atoms. The van der Waals surface area contributed by atoms with Crippen LogP contribution in [-0.4, -0.2) is 39.0 Å². The monoisotopic (exact) mass is 330 g/mol. The second-order valence-electron chi connectivity index (χ2n) is 5.88. The van der Waals surface area contributed by atoms with Crippen LogP contribution in [0.15, 0.2) is 29.2 Å². The van der Waals surface area contributed by atoms with Crippen molar-refractivity contribution in [2.75, 3.05) is 19.6 Å². The molecule has 1 saturated heterocycles. The first-order valence-corrected chi connectivity index (χ1v) is 9.24. The Hall–Kier alpha value is -0.620. The van der Waals surface area contributed by atoms with Crippen LogP contribution in [-0.2, 0) is 10.0 Å². The summed E-state index contributed by atoms with van der Waals surface area (Å²) in [6.07, 6.45) is 2.37. The number of piperidine rings is 1. The molecule has 1 N–H and O–H groups in total. The second-order valence-corrected chi connectivity index (χ2v) is 8.08. The van der Waals surface area contributed by atoms with Crippen molar-refractivity contribution in [2.45, 2.75) is 37.6 Å². The fourth-order valence-corrected chi connectivity index (χ4v) is 3.97. The lowest BCUT2D eigenvalue weighted by Gasteiger charge is -2.34. The highest BCUT2D eigenvalue weighted by Gasteiger charge is 2.22. The predicted molar refractivity (Wildman–Crippen MR) is 86.1 cm³/mol. The summed E-state index contributed by atoms with van der Waals surface area (Å²) < 4.78 is 27.2. The number of likely N-dealkylation sites (tertiary alicyclic amines) is 1. The molecule has 1 unspecified atom stereocenters. The Bertz CT molecular complexity index is 569. The Morgan fingerprint density at radius 2 is 2.05 bits per heavy atom. The summed E-state index contributed by atoms with van der Waals surface area (Å²) in [6.45, 7) is 6.84. The maximum absolute atomic E-state index is 12.2. The van der Waals surface area contributed by atoms with Gasteiger partial charge in [-0.2, -0.15) is 0 Å². The van der Waals surface area contributed by atoms with E-state index in [1.54, 1.807) is 18.2 Å². The molecule has 0 aliphatic carbocycles. The molecule has 6 heteroatoms. The van der Waals surface area contributed by atoms with E-state index >= 15 is 0 Å². The molecule has 1 aromatic rings. The number of rotatable bonds is 5. The first-order chi connectivity index (χ1) is 9.88. The fraction of sp³-hybridized carbons (Fsp3) is 0.600. The van der Waals surface area contributed by atoms with Crippen LogP contribution in [0.3, 0.4) is 0 Å². The quantitative estimate of drug-likeness (QED) is 0.903. The zero-order chi connectivity index (χ0) is 15.5. The Labute approximate surface area is 132 Å². The molecular weight excluding hydrogens is 308 g/mol. The summed E-state index contributed by atoms with van der Waals surface area (Å²) in [4.78, 5) is 2.56. The normalized spacial score (nSPS) is 19.6. The van der Waals surface area contributed by atoms with Crippen molar-refractivity contribution in [1.29, 1.82) is 0 Å². The predicted octanol–water partition coefficient (Wildman–Crippen LogP) is 2.74. The first kappa shape index (κ1) is 16.7. The van der Waals surface area contributed by atoms with Gasteiger partial charge >= 0.3 is 0 Å². The minimum atomic E-state index is -3.49. The molecule has 0 aromatic heterocycles. The third-order valence-corrected chi connectivity index (χ3v) is 5.77. The molecule has 4 nitrogen and oxygen atoms in total. The molecule has 2 rings (SSSR count). The zero-order valence-electron chi connectivity index (χ0n) is 12.5. The highest BCUT2D eigenvalue weighted by atomic mass is 35.5. The molecule has 1 heterocycles. The maximum atomic E-state index is 12.2.